The van der Waals surface area contributed by atoms with Gasteiger partial charge in [-0.3, -0.25) is 0 Å². The van der Waals surface area contributed by atoms with Gasteiger partial charge < -0.3 is 10.1 Å². The molecule has 0 saturated heterocycles. The zero-order valence-electron chi connectivity index (χ0n) is 10.4. The monoisotopic (exact) mass is 234 g/mol. The van der Waals surface area contributed by atoms with Crippen molar-refractivity contribution >= 4 is 0 Å². The van der Waals surface area contributed by atoms with Gasteiger partial charge in [-0.25, -0.2) is 4.98 Å². The summed E-state index contributed by atoms with van der Waals surface area (Å²) in [4.78, 5) is 8.12. The Balaban J connectivity index is 1.67. The molecule has 0 aromatic carbocycles. The molecule has 2 N–H and O–H groups in total. The average molecular weight is 234 g/mol. The van der Waals surface area contributed by atoms with Gasteiger partial charge in [0.1, 0.15) is 5.82 Å². The normalized spacial score (nSPS) is 30.9. The van der Waals surface area contributed by atoms with Crippen molar-refractivity contribution in [3.63, 3.8) is 0 Å². The predicted octanol–water partition coefficient (Wildman–Crippen LogP) is 3.09. The van der Waals surface area contributed by atoms with Gasteiger partial charge in [0.25, 0.3) is 0 Å². The van der Waals surface area contributed by atoms with Gasteiger partial charge in [0.05, 0.1) is 6.10 Å². The molecule has 2 aliphatic rings. The number of nitrogens with one attached hydrogen (secondary N) is 1. The highest BCUT2D eigenvalue weighted by Crippen LogP contribution is 2.35. The molecule has 0 atom stereocenters. The molecule has 0 aliphatic heterocycles. The summed E-state index contributed by atoms with van der Waals surface area (Å²) in [5, 5.41) is 9.52. The van der Waals surface area contributed by atoms with Crippen molar-refractivity contribution in [1.82, 2.24) is 9.97 Å². The van der Waals surface area contributed by atoms with Gasteiger partial charge in [0.15, 0.2) is 0 Å². The van der Waals surface area contributed by atoms with E-state index in [0.29, 0.717) is 5.92 Å². The molecule has 0 spiro atoms. The number of aliphatic hydroxyl groups is 1. The number of aromatic amines is 1. The van der Waals surface area contributed by atoms with Crippen molar-refractivity contribution in [3.05, 3.63) is 17.7 Å². The number of aromatic nitrogens is 2. The third kappa shape index (κ3) is 2.39. The van der Waals surface area contributed by atoms with Crippen molar-refractivity contribution in [2.45, 2.75) is 69.3 Å². The fourth-order valence-electron chi connectivity index (χ4n) is 3.35. The largest absolute Gasteiger partial charge is 0.393 e. The van der Waals surface area contributed by atoms with Crippen LogP contribution in [0.2, 0.25) is 0 Å². The van der Waals surface area contributed by atoms with Gasteiger partial charge in [-0.15, -0.1) is 0 Å². The molecule has 1 heterocycles. The van der Waals surface area contributed by atoms with Gasteiger partial charge >= 0.3 is 0 Å². The first-order chi connectivity index (χ1) is 8.33. The van der Waals surface area contributed by atoms with Gasteiger partial charge in [-0.2, -0.15) is 0 Å². The van der Waals surface area contributed by atoms with Crippen LogP contribution in [-0.4, -0.2) is 21.2 Å². The number of aliphatic hydroxyl groups excluding tert-OH is 1. The zero-order valence-corrected chi connectivity index (χ0v) is 10.4. The van der Waals surface area contributed by atoms with Crippen molar-refractivity contribution in [3.8, 4) is 0 Å². The second-order valence-corrected chi connectivity index (χ2v) is 5.71. The predicted molar refractivity (Wildman–Crippen MR) is 67.0 cm³/mol. The Hall–Kier alpha value is -0.830. The highest BCUT2D eigenvalue weighted by molar-refractivity contribution is 5.12. The van der Waals surface area contributed by atoms with Crippen LogP contribution in [0.15, 0.2) is 6.20 Å². The van der Waals surface area contributed by atoms with E-state index in [4.69, 9.17) is 0 Å². The molecule has 0 unspecified atom stereocenters. The Kier molecular flexibility index (Phi) is 3.19. The van der Waals surface area contributed by atoms with E-state index in [1.165, 1.54) is 37.2 Å². The summed E-state index contributed by atoms with van der Waals surface area (Å²) in [7, 11) is 0. The van der Waals surface area contributed by atoms with Crippen LogP contribution in [0.4, 0.5) is 0 Å². The van der Waals surface area contributed by atoms with Crippen LogP contribution < -0.4 is 0 Å². The maximum atomic E-state index is 9.52. The lowest BCUT2D eigenvalue weighted by atomic mass is 9.87. The Morgan fingerprint density at radius 1 is 1.00 bits per heavy atom. The van der Waals surface area contributed by atoms with Crippen LogP contribution >= 0.6 is 0 Å². The lowest BCUT2D eigenvalue weighted by molar-refractivity contribution is 0.121. The first-order valence-corrected chi connectivity index (χ1v) is 7.06. The fourth-order valence-corrected chi connectivity index (χ4v) is 3.35. The molecule has 3 heteroatoms. The van der Waals surface area contributed by atoms with E-state index in [0.717, 1.165) is 31.6 Å². The molecule has 94 valence electrons. The van der Waals surface area contributed by atoms with Crippen molar-refractivity contribution < 1.29 is 5.11 Å². The fraction of sp³-hybridized carbons (Fsp3) is 0.786. The quantitative estimate of drug-likeness (QED) is 0.826. The summed E-state index contributed by atoms with van der Waals surface area (Å²) in [6.07, 6.45) is 11.4. The molecular weight excluding hydrogens is 212 g/mol. The molecular formula is C14H22N2O. The minimum Gasteiger partial charge on any atom is -0.393 e. The first-order valence-electron chi connectivity index (χ1n) is 7.06. The molecule has 17 heavy (non-hydrogen) atoms. The summed E-state index contributed by atoms with van der Waals surface area (Å²) >= 11 is 0. The highest BCUT2D eigenvalue weighted by Gasteiger charge is 2.25. The summed E-state index contributed by atoms with van der Waals surface area (Å²) in [6.45, 7) is 0. The Bertz CT molecular complexity index is 360. The van der Waals surface area contributed by atoms with Crippen molar-refractivity contribution in [2.75, 3.05) is 0 Å². The number of rotatable bonds is 2. The van der Waals surface area contributed by atoms with Crippen LogP contribution in [0.1, 0.15) is 74.7 Å². The standard InChI is InChI=1S/C14H22N2O/c17-12-7-5-11(6-8-12)14-15-9-13(16-14)10-3-1-2-4-10/h9-12,17H,1-8H2,(H,15,16). The number of hydrogen-bond donors (Lipinski definition) is 2. The maximum absolute atomic E-state index is 9.52. The molecule has 1 aromatic rings. The lowest BCUT2D eigenvalue weighted by Crippen LogP contribution is -2.17. The third-order valence-electron chi connectivity index (χ3n) is 4.49. The van der Waals surface area contributed by atoms with Crippen molar-refractivity contribution in [2.24, 2.45) is 0 Å². The minimum atomic E-state index is -0.0736. The van der Waals surface area contributed by atoms with Gasteiger partial charge in [-0.05, 0) is 38.5 Å². The van der Waals surface area contributed by atoms with Crippen LogP contribution in [-0.2, 0) is 0 Å². The van der Waals surface area contributed by atoms with E-state index < -0.39 is 0 Å². The number of hydrogen-bond acceptors (Lipinski definition) is 2. The molecule has 3 rings (SSSR count). The number of nitrogens with zero attached hydrogens (tertiary/aromatic N) is 1. The molecule has 2 fully saturated rings. The molecule has 2 saturated carbocycles. The topological polar surface area (TPSA) is 48.9 Å². The maximum Gasteiger partial charge on any atom is 0.109 e. The van der Waals surface area contributed by atoms with Crippen LogP contribution in [0, 0.1) is 0 Å². The Morgan fingerprint density at radius 3 is 2.41 bits per heavy atom. The average Bonchev–Trinajstić information content (AvgIpc) is 3.00. The van der Waals surface area contributed by atoms with Crippen LogP contribution in [0.25, 0.3) is 0 Å². The Morgan fingerprint density at radius 2 is 1.71 bits per heavy atom. The second-order valence-electron chi connectivity index (χ2n) is 5.71. The summed E-state index contributed by atoms with van der Waals surface area (Å²) < 4.78 is 0. The van der Waals surface area contributed by atoms with E-state index in [2.05, 4.69) is 16.2 Å². The van der Waals surface area contributed by atoms with Crippen LogP contribution in [0.3, 0.4) is 0 Å². The van der Waals surface area contributed by atoms with Gasteiger partial charge in [0.2, 0.25) is 0 Å². The van der Waals surface area contributed by atoms with E-state index in [1.807, 2.05) is 0 Å². The summed E-state index contributed by atoms with van der Waals surface area (Å²) in [6, 6.07) is 0. The van der Waals surface area contributed by atoms with E-state index >= 15 is 0 Å². The molecule has 0 amide bonds. The molecule has 0 bridgehead atoms. The van der Waals surface area contributed by atoms with Crippen LogP contribution in [0.5, 0.6) is 0 Å². The summed E-state index contributed by atoms with van der Waals surface area (Å²) in [5.41, 5.74) is 1.35. The summed E-state index contributed by atoms with van der Waals surface area (Å²) in [5.74, 6) is 2.44. The smallest absolute Gasteiger partial charge is 0.109 e. The van der Waals surface area contributed by atoms with E-state index in [9.17, 15) is 5.11 Å². The molecule has 1 aromatic heterocycles. The number of imidazole rings is 1. The molecule has 0 radical (unpaired) electrons. The number of H-pyrrole nitrogens is 1. The first kappa shape index (κ1) is 11.3. The SMILES string of the molecule is OC1CCC(c2ncc(C3CCCC3)[nH]2)CC1. The van der Waals surface area contributed by atoms with Crippen molar-refractivity contribution in [1.29, 1.82) is 0 Å². The molecule has 2 aliphatic carbocycles. The van der Waals surface area contributed by atoms with Gasteiger partial charge in [0, 0.05) is 23.7 Å². The zero-order chi connectivity index (χ0) is 11.7. The molecule has 3 nitrogen and oxygen atoms in total. The third-order valence-corrected chi connectivity index (χ3v) is 4.49. The van der Waals surface area contributed by atoms with Gasteiger partial charge in [-0.1, -0.05) is 12.8 Å². The highest BCUT2D eigenvalue weighted by atomic mass is 16.3. The lowest BCUT2D eigenvalue weighted by Gasteiger charge is -2.23. The Labute approximate surface area is 103 Å². The minimum absolute atomic E-state index is 0.0736. The van der Waals surface area contributed by atoms with E-state index in [-0.39, 0.29) is 6.10 Å². The van der Waals surface area contributed by atoms with E-state index in [1.54, 1.807) is 0 Å². The second kappa shape index (κ2) is 4.81.